The summed E-state index contributed by atoms with van der Waals surface area (Å²) < 4.78 is 25.1. The second-order valence-electron chi connectivity index (χ2n) is 3.13. The van der Waals surface area contributed by atoms with E-state index in [9.17, 15) is 8.78 Å². The summed E-state index contributed by atoms with van der Waals surface area (Å²) in [6.45, 7) is 0.800. The normalized spacial score (nSPS) is 12.0. The Bertz CT molecular complexity index is 288. The molecule has 1 aromatic rings. The van der Waals surface area contributed by atoms with Gasteiger partial charge in [0.2, 0.25) is 0 Å². The first kappa shape index (κ1) is 11.6. The molecule has 0 saturated heterocycles. The van der Waals surface area contributed by atoms with Gasteiger partial charge in [-0.3, -0.25) is 0 Å². The van der Waals surface area contributed by atoms with Gasteiger partial charge in [0.25, 0.3) is 5.92 Å². The molecule has 0 amide bonds. The van der Waals surface area contributed by atoms with Crippen LogP contribution >= 0.6 is 11.3 Å². The van der Waals surface area contributed by atoms with E-state index >= 15 is 0 Å². The van der Waals surface area contributed by atoms with Gasteiger partial charge in [-0.2, -0.15) is 0 Å². The number of aliphatic hydroxyl groups is 1. The van der Waals surface area contributed by atoms with Crippen molar-refractivity contribution in [2.24, 2.45) is 0 Å². The summed E-state index contributed by atoms with van der Waals surface area (Å²) in [6.07, 6.45) is 0. The molecular formula is C9H13F2NOS. The van der Waals surface area contributed by atoms with Gasteiger partial charge < -0.3 is 10.4 Å². The highest BCUT2D eigenvalue weighted by atomic mass is 32.1. The van der Waals surface area contributed by atoms with E-state index in [2.05, 4.69) is 5.32 Å². The van der Waals surface area contributed by atoms with E-state index in [0.717, 1.165) is 9.75 Å². The van der Waals surface area contributed by atoms with E-state index in [0.29, 0.717) is 6.54 Å². The first-order chi connectivity index (χ1) is 6.53. The zero-order valence-corrected chi connectivity index (χ0v) is 8.70. The fourth-order valence-electron chi connectivity index (χ4n) is 1.00. The van der Waals surface area contributed by atoms with Gasteiger partial charge in [0.05, 0.1) is 6.54 Å². The lowest BCUT2D eigenvalue weighted by Gasteiger charge is -2.13. The van der Waals surface area contributed by atoms with Crippen LogP contribution in [0.1, 0.15) is 9.75 Å². The molecule has 80 valence electrons. The maximum atomic E-state index is 12.6. The number of alkyl halides is 2. The Balaban J connectivity index is 2.28. The summed E-state index contributed by atoms with van der Waals surface area (Å²) >= 11 is 1.58. The van der Waals surface area contributed by atoms with Gasteiger partial charge in [-0.1, -0.05) is 0 Å². The summed E-state index contributed by atoms with van der Waals surface area (Å²) in [5.41, 5.74) is 0. The molecule has 1 heterocycles. The molecule has 0 spiro atoms. The van der Waals surface area contributed by atoms with Gasteiger partial charge in [0.1, 0.15) is 6.61 Å². The average Bonchev–Trinajstić information content (AvgIpc) is 2.51. The van der Waals surface area contributed by atoms with Gasteiger partial charge in [-0.15, -0.1) is 11.3 Å². The van der Waals surface area contributed by atoms with Crippen LogP contribution in [0.25, 0.3) is 0 Å². The van der Waals surface area contributed by atoms with Crippen LogP contribution < -0.4 is 5.32 Å². The van der Waals surface area contributed by atoms with Gasteiger partial charge in [0.15, 0.2) is 0 Å². The topological polar surface area (TPSA) is 32.3 Å². The summed E-state index contributed by atoms with van der Waals surface area (Å²) in [4.78, 5) is 2.19. The fraction of sp³-hybridized carbons (Fsp3) is 0.556. The zero-order chi connectivity index (χ0) is 10.6. The quantitative estimate of drug-likeness (QED) is 0.794. The SMILES string of the molecule is Cc1ccc(CNCC(F)(F)CO)s1. The van der Waals surface area contributed by atoms with Gasteiger partial charge in [-0.05, 0) is 19.1 Å². The molecule has 0 saturated carbocycles. The number of halogens is 2. The molecule has 0 aliphatic rings. The minimum absolute atomic E-state index is 0.425. The minimum atomic E-state index is -3.02. The third-order valence-corrected chi connectivity index (χ3v) is 2.71. The largest absolute Gasteiger partial charge is 0.390 e. The van der Waals surface area contributed by atoms with E-state index in [4.69, 9.17) is 5.11 Å². The molecule has 0 aliphatic heterocycles. The van der Waals surface area contributed by atoms with Crippen LogP contribution in [-0.4, -0.2) is 24.2 Å². The third kappa shape index (κ3) is 3.69. The monoisotopic (exact) mass is 221 g/mol. The predicted molar refractivity (Wildman–Crippen MR) is 52.8 cm³/mol. The first-order valence-electron chi connectivity index (χ1n) is 4.28. The highest BCUT2D eigenvalue weighted by molar-refractivity contribution is 7.11. The van der Waals surface area contributed by atoms with E-state index in [-0.39, 0.29) is 0 Å². The second kappa shape index (κ2) is 4.82. The van der Waals surface area contributed by atoms with Crippen LogP contribution in [0.3, 0.4) is 0 Å². The maximum absolute atomic E-state index is 12.6. The van der Waals surface area contributed by atoms with Crippen molar-refractivity contribution in [2.75, 3.05) is 13.2 Å². The van der Waals surface area contributed by atoms with E-state index in [1.165, 1.54) is 0 Å². The van der Waals surface area contributed by atoms with Crippen molar-refractivity contribution in [1.82, 2.24) is 5.32 Å². The summed E-state index contributed by atoms with van der Waals surface area (Å²) in [7, 11) is 0. The number of rotatable bonds is 5. The second-order valence-corrected chi connectivity index (χ2v) is 4.50. The molecule has 5 heteroatoms. The molecule has 2 nitrogen and oxygen atoms in total. The average molecular weight is 221 g/mol. The van der Waals surface area contributed by atoms with Crippen LogP contribution in [0, 0.1) is 6.92 Å². The van der Waals surface area contributed by atoms with Crippen molar-refractivity contribution >= 4 is 11.3 Å². The predicted octanol–water partition coefficient (Wildman–Crippen LogP) is 1.77. The highest BCUT2D eigenvalue weighted by Gasteiger charge is 2.26. The number of aliphatic hydroxyl groups excluding tert-OH is 1. The fourth-order valence-corrected chi connectivity index (χ4v) is 1.86. The maximum Gasteiger partial charge on any atom is 0.282 e. The number of aryl methyl sites for hydroxylation is 1. The van der Waals surface area contributed by atoms with Crippen molar-refractivity contribution in [3.63, 3.8) is 0 Å². The van der Waals surface area contributed by atoms with Gasteiger partial charge in [-0.25, -0.2) is 8.78 Å². The third-order valence-electron chi connectivity index (χ3n) is 1.71. The minimum Gasteiger partial charge on any atom is -0.390 e. The van der Waals surface area contributed by atoms with Crippen LogP contribution in [0.5, 0.6) is 0 Å². The molecule has 1 aromatic heterocycles. The summed E-state index contributed by atoms with van der Waals surface area (Å²) in [5, 5.41) is 10.9. The van der Waals surface area contributed by atoms with Crippen LogP contribution in [0.4, 0.5) is 8.78 Å². The molecule has 0 unspecified atom stereocenters. The highest BCUT2D eigenvalue weighted by Crippen LogP contribution is 2.15. The van der Waals surface area contributed by atoms with Gasteiger partial charge >= 0.3 is 0 Å². The molecule has 14 heavy (non-hydrogen) atoms. The molecule has 0 aromatic carbocycles. The van der Waals surface area contributed by atoms with Crippen molar-refractivity contribution < 1.29 is 13.9 Å². The smallest absolute Gasteiger partial charge is 0.282 e. The van der Waals surface area contributed by atoms with Crippen molar-refractivity contribution in [3.8, 4) is 0 Å². The molecule has 0 aliphatic carbocycles. The summed E-state index contributed by atoms with van der Waals surface area (Å²) in [6, 6.07) is 3.86. The Hall–Kier alpha value is -0.520. The lowest BCUT2D eigenvalue weighted by molar-refractivity contribution is -0.0477. The lowest BCUT2D eigenvalue weighted by atomic mass is 10.3. The Labute approximate surface area is 85.6 Å². The van der Waals surface area contributed by atoms with Crippen LogP contribution in [0.2, 0.25) is 0 Å². The first-order valence-corrected chi connectivity index (χ1v) is 5.10. The van der Waals surface area contributed by atoms with Crippen molar-refractivity contribution in [1.29, 1.82) is 0 Å². The molecule has 0 bridgehead atoms. The zero-order valence-electron chi connectivity index (χ0n) is 7.89. The molecule has 2 N–H and O–H groups in total. The number of hydrogen-bond donors (Lipinski definition) is 2. The Kier molecular flexibility index (Phi) is 3.97. The standard InChI is InChI=1S/C9H13F2NOS/c1-7-2-3-8(14-7)4-12-5-9(10,11)6-13/h2-3,12-13H,4-6H2,1H3. The Morgan fingerprint density at radius 1 is 1.50 bits per heavy atom. The van der Waals surface area contributed by atoms with Crippen LogP contribution in [-0.2, 0) is 6.54 Å². The van der Waals surface area contributed by atoms with Gasteiger partial charge in [0, 0.05) is 16.3 Å². The number of hydrogen-bond acceptors (Lipinski definition) is 3. The molecule has 0 atom stereocenters. The van der Waals surface area contributed by atoms with E-state index < -0.39 is 19.1 Å². The molecule has 1 rings (SSSR count). The Morgan fingerprint density at radius 2 is 2.21 bits per heavy atom. The van der Waals surface area contributed by atoms with Crippen molar-refractivity contribution in [3.05, 3.63) is 21.9 Å². The van der Waals surface area contributed by atoms with E-state index in [1.54, 1.807) is 11.3 Å². The molecule has 0 fully saturated rings. The molecule has 0 radical (unpaired) electrons. The van der Waals surface area contributed by atoms with E-state index in [1.807, 2.05) is 19.1 Å². The number of thiophene rings is 1. The van der Waals surface area contributed by atoms with Crippen LogP contribution in [0.15, 0.2) is 12.1 Å². The van der Waals surface area contributed by atoms with Crippen molar-refractivity contribution in [2.45, 2.75) is 19.4 Å². The number of nitrogens with one attached hydrogen (secondary N) is 1. The summed E-state index contributed by atoms with van der Waals surface area (Å²) in [5.74, 6) is -3.02. The lowest BCUT2D eigenvalue weighted by Crippen LogP contribution is -2.35. The Morgan fingerprint density at radius 3 is 2.71 bits per heavy atom. The molecular weight excluding hydrogens is 208 g/mol.